The number of furan rings is 1. The predicted molar refractivity (Wildman–Crippen MR) is 77.8 cm³/mol. The number of guanidine groups is 1. The Hall–Kier alpha value is -1.98. The number of carbonyl (C=O) groups excluding carboxylic acids is 1. The van der Waals surface area contributed by atoms with Gasteiger partial charge in [-0.25, -0.2) is 0 Å². The van der Waals surface area contributed by atoms with E-state index in [4.69, 9.17) is 4.42 Å². The van der Waals surface area contributed by atoms with Crippen molar-refractivity contribution in [3.05, 3.63) is 24.2 Å². The summed E-state index contributed by atoms with van der Waals surface area (Å²) < 4.78 is 5.16. The van der Waals surface area contributed by atoms with Gasteiger partial charge in [-0.05, 0) is 26.0 Å². The van der Waals surface area contributed by atoms with E-state index >= 15 is 0 Å². The minimum absolute atomic E-state index is 0.0351. The Labute approximate surface area is 119 Å². The van der Waals surface area contributed by atoms with Crippen molar-refractivity contribution in [1.82, 2.24) is 15.1 Å². The molecule has 0 spiro atoms. The quantitative estimate of drug-likeness (QED) is 0.662. The zero-order chi connectivity index (χ0) is 14.4. The molecule has 0 aliphatic carbocycles. The van der Waals surface area contributed by atoms with Crippen molar-refractivity contribution in [3.63, 3.8) is 0 Å². The largest absolute Gasteiger partial charge is 0.459 e. The lowest BCUT2D eigenvalue weighted by Crippen LogP contribution is -2.53. The Morgan fingerprint density at radius 1 is 1.30 bits per heavy atom. The number of amides is 1. The fourth-order valence-corrected chi connectivity index (χ4v) is 2.25. The van der Waals surface area contributed by atoms with Crippen LogP contribution in [0.3, 0.4) is 0 Å². The highest BCUT2D eigenvalue weighted by Gasteiger charge is 2.24. The van der Waals surface area contributed by atoms with Crippen molar-refractivity contribution in [3.8, 4) is 0 Å². The molecule has 1 saturated heterocycles. The summed E-state index contributed by atoms with van der Waals surface area (Å²) in [5.74, 6) is 1.31. The molecule has 20 heavy (non-hydrogen) atoms. The van der Waals surface area contributed by atoms with Crippen LogP contribution in [0.4, 0.5) is 0 Å². The minimum atomic E-state index is -0.0351. The van der Waals surface area contributed by atoms with Gasteiger partial charge in [0.05, 0.1) is 6.26 Å². The molecule has 1 aliphatic heterocycles. The first-order chi connectivity index (χ1) is 9.76. The second-order valence-corrected chi connectivity index (χ2v) is 4.58. The number of nitrogens with one attached hydrogen (secondary N) is 1. The molecule has 0 unspecified atom stereocenters. The lowest BCUT2D eigenvalue weighted by molar-refractivity contribution is 0.0657. The molecule has 2 heterocycles. The van der Waals surface area contributed by atoms with Crippen molar-refractivity contribution in [1.29, 1.82) is 0 Å². The molecule has 1 aromatic heterocycles. The van der Waals surface area contributed by atoms with Gasteiger partial charge in [0.1, 0.15) is 0 Å². The Balaban J connectivity index is 1.91. The predicted octanol–water partition coefficient (Wildman–Crippen LogP) is 1.02. The standard InChI is InChI=1S/C14H22N4O2/c1-3-15-14(16-4-2)18-9-7-17(8-10-18)13(19)12-6-5-11-20-12/h5-6,11H,3-4,7-10H2,1-2H3,(H,15,16). The van der Waals surface area contributed by atoms with Crippen LogP contribution in [0.1, 0.15) is 24.4 Å². The molecule has 0 saturated carbocycles. The van der Waals surface area contributed by atoms with Crippen LogP contribution in [0.5, 0.6) is 0 Å². The highest BCUT2D eigenvalue weighted by atomic mass is 16.3. The Morgan fingerprint density at radius 3 is 2.55 bits per heavy atom. The molecule has 0 bridgehead atoms. The molecule has 2 rings (SSSR count). The molecular weight excluding hydrogens is 256 g/mol. The van der Waals surface area contributed by atoms with E-state index in [-0.39, 0.29) is 5.91 Å². The van der Waals surface area contributed by atoms with E-state index in [1.807, 2.05) is 11.8 Å². The molecular formula is C14H22N4O2. The summed E-state index contributed by atoms with van der Waals surface area (Å²) >= 11 is 0. The molecule has 6 nitrogen and oxygen atoms in total. The summed E-state index contributed by atoms with van der Waals surface area (Å²) in [6, 6.07) is 3.44. The summed E-state index contributed by atoms with van der Waals surface area (Å²) in [6.45, 7) is 8.64. The molecule has 110 valence electrons. The van der Waals surface area contributed by atoms with Crippen LogP contribution in [-0.4, -0.2) is 60.9 Å². The van der Waals surface area contributed by atoms with Gasteiger partial charge in [-0.3, -0.25) is 9.79 Å². The van der Waals surface area contributed by atoms with Gasteiger partial charge in [-0.2, -0.15) is 0 Å². The molecule has 0 radical (unpaired) electrons. The summed E-state index contributed by atoms with van der Waals surface area (Å²) in [4.78, 5) is 20.6. The van der Waals surface area contributed by atoms with Crippen molar-refractivity contribution in [2.24, 2.45) is 4.99 Å². The summed E-state index contributed by atoms with van der Waals surface area (Å²) in [7, 11) is 0. The van der Waals surface area contributed by atoms with E-state index in [1.54, 1.807) is 12.1 Å². The van der Waals surface area contributed by atoms with Crippen LogP contribution in [0.25, 0.3) is 0 Å². The first-order valence-electron chi connectivity index (χ1n) is 7.12. The second-order valence-electron chi connectivity index (χ2n) is 4.58. The van der Waals surface area contributed by atoms with Gasteiger partial charge in [-0.15, -0.1) is 0 Å². The molecule has 1 N–H and O–H groups in total. The SMILES string of the molecule is CCN=C(NCC)N1CCN(C(=O)c2ccco2)CC1. The van der Waals surface area contributed by atoms with Crippen LogP contribution in [0.2, 0.25) is 0 Å². The highest BCUT2D eigenvalue weighted by Crippen LogP contribution is 2.09. The highest BCUT2D eigenvalue weighted by molar-refractivity contribution is 5.91. The maximum atomic E-state index is 12.2. The van der Waals surface area contributed by atoms with Crippen LogP contribution in [-0.2, 0) is 0 Å². The topological polar surface area (TPSA) is 61.1 Å². The van der Waals surface area contributed by atoms with Gasteiger partial charge in [0.25, 0.3) is 5.91 Å². The number of hydrogen-bond acceptors (Lipinski definition) is 3. The number of nitrogens with zero attached hydrogens (tertiary/aromatic N) is 3. The molecule has 1 fully saturated rings. The van der Waals surface area contributed by atoms with Crippen molar-refractivity contribution < 1.29 is 9.21 Å². The van der Waals surface area contributed by atoms with Crippen LogP contribution in [0.15, 0.2) is 27.8 Å². The third-order valence-electron chi connectivity index (χ3n) is 3.24. The van der Waals surface area contributed by atoms with Crippen molar-refractivity contribution >= 4 is 11.9 Å². The van der Waals surface area contributed by atoms with Gasteiger partial charge in [0, 0.05) is 39.3 Å². The lowest BCUT2D eigenvalue weighted by Gasteiger charge is -2.36. The first kappa shape index (κ1) is 14.4. The molecule has 1 amide bonds. The Kier molecular flexibility index (Phi) is 5.03. The van der Waals surface area contributed by atoms with Crippen LogP contribution >= 0.6 is 0 Å². The zero-order valence-corrected chi connectivity index (χ0v) is 12.1. The van der Waals surface area contributed by atoms with Gasteiger partial charge >= 0.3 is 0 Å². The zero-order valence-electron chi connectivity index (χ0n) is 12.1. The van der Waals surface area contributed by atoms with Gasteiger partial charge in [0.2, 0.25) is 0 Å². The molecule has 1 aromatic rings. The fraction of sp³-hybridized carbons (Fsp3) is 0.571. The van der Waals surface area contributed by atoms with Gasteiger partial charge in [-0.1, -0.05) is 0 Å². The molecule has 1 aliphatic rings. The van der Waals surface area contributed by atoms with Crippen LogP contribution < -0.4 is 5.32 Å². The van der Waals surface area contributed by atoms with E-state index in [9.17, 15) is 4.79 Å². The number of hydrogen-bond donors (Lipinski definition) is 1. The van der Waals surface area contributed by atoms with E-state index in [0.29, 0.717) is 18.8 Å². The van der Waals surface area contributed by atoms with E-state index < -0.39 is 0 Å². The van der Waals surface area contributed by atoms with Crippen molar-refractivity contribution in [2.75, 3.05) is 39.3 Å². The maximum absolute atomic E-state index is 12.2. The van der Waals surface area contributed by atoms with Gasteiger partial charge < -0.3 is 19.5 Å². The number of piperazine rings is 1. The van der Waals surface area contributed by atoms with E-state index in [0.717, 1.165) is 32.1 Å². The van der Waals surface area contributed by atoms with E-state index in [1.165, 1.54) is 6.26 Å². The third-order valence-corrected chi connectivity index (χ3v) is 3.24. The molecule has 0 aromatic carbocycles. The summed E-state index contributed by atoms with van der Waals surface area (Å²) in [6.07, 6.45) is 1.53. The fourth-order valence-electron chi connectivity index (χ4n) is 2.25. The lowest BCUT2D eigenvalue weighted by atomic mass is 10.3. The maximum Gasteiger partial charge on any atom is 0.289 e. The van der Waals surface area contributed by atoms with E-state index in [2.05, 4.69) is 22.1 Å². The molecule has 6 heteroatoms. The normalized spacial score (nSPS) is 16.4. The first-order valence-corrected chi connectivity index (χ1v) is 7.12. The number of carbonyl (C=O) groups is 1. The minimum Gasteiger partial charge on any atom is -0.459 e. The Morgan fingerprint density at radius 2 is 2.00 bits per heavy atom. The number of aliphatic imine (C=N–C) groups is 1. The summed E-state index contributed by atoms with van der Waals surface area (Å²) in [5.41, 5.74) is 0. The number of rotatable bonds is 3. The summed E-state index contributed by atoms with van der Waals surface area (Å²) in [5, 5.41) is 3.28. The average Bonchev–Trinajstić information content (AvgIpc) is 3.01. The average molecular weight is 278 g/mol. The van der Waals surface area contributed by atoms with Gasteiger partial charge in [0.15, 0.2) is 11.7 Å². The smallest absolute Gasteiger partial charge is 0.289 e. The monoisotopic (exact) mass is 278 g/mol. The van der Waals surface area contributed by atoms with Crippen LogP contribution in [0, 0.1) is 0 Å². The van der Waals surface area contributed by atoms with Crippen molar-refractivity contribution in [2.45, 2.75) is 13.8 Å². The molecule has 0 atom stereocenters. The third kappa shape index (κ3) is 3.31. The Bertz CT molecular complexity index is 448. The second kappa shape index (κ2) is 6.98.